The monoisotopic (exact) mass is 448 g/mol. The summed E-state index contributed by atoms with van der Waals surface area (Å²) in [6.45, 7) is 10.2. The van der Waals surface area contributed by atoms with Gasteiger partial charge in [-0.1, -0.05) is 24.3 Å². The highest BCUT2D eigenvalue weighted by Gasteiger charge is 2.43. The van der Waals surface area contributed by atoms with E-state index in [4.69, 9.17) is 4.74 Å². The van der Waals surface area contributed by atoms with E-state index in [1.54, 1.807) is 6.20 Å². The van der Waals surface area contributed by atoms with Crippen molar-refractivity contribution < 1.29 is 14.3 Å². The van der Waals surface area contributed by atoms with Gasteiger partial charge in [0.25, 0.3) is 5.91 Å². The maximum absolute atomic E-state index is 13.2. The van der Waals surface area contributed by atoms with E-state index in [1.165, 1.54) is 11.1 Å². The zero-order valence-corrected chi connectivity index (χ0v) is 19.7. The standard InChI is InChI=1S/C26H32N4O3/c1-26(2,3)33-25(32)30-16-21-14-29(15-22(21)17-30)23-10-20(11-27-12-23)24(31)28-9-8-18-6-4-5-7-19(18)13-28/h4-7,10-12,21-22H,8-9,13-17H2,1-3H3. The van der Waals surface area contributed by atoms with Crippen LogP contribution in [0.4, 0.5) is 10.5 Å². The van der Waals surface area contributed by atoms with Crippen molar-refractivity contribution >= 4 is 17.7 Å². The fourth-order valence-electron chi connectivity index (χ4n) is 5.25. The molecule has 2 unspecified atom stereocenters. The lowest BCUT2D eigenvalue weighted by Crippen LogP contribution is -2.37. The molecule has 4 heterocycles. The summed E-state index contributed by atoms with van der Waals surface area (Å²) in [4.78, 5) is 36.1. The van der Waals surface area contributed by atoms with Gasteiger partial charge in [-0.25, -0.2) is 4.79 Å². The van der Waals surface area contributed by atoms with Crippen molar-refractivity contribution in [1.29, 1.82) is 0 Å². The van der Waals surface area contributed by atoms with E-state index in [1.807, 2.05) is 48.9 Å². The molecule has 0 N–H and O–H groups in total. The van der Waals surface area contributed by atoms with Crippen LogP contribution in [0.2, 0.25) is 0 Å². The third kappa shape index (κ3) is 4.54. The number of carbonyl (C=O) groups is 2. The fourth-order valence-corrected chi connectivity index (χ4v) is 5.25. The molecule has 5 rings (SSSR count). The quantitative estimate of drug-likeness (QED) is 0.703. The van der Waals surface area contributed by atoms with E-state index in [0.717, 1.165) is 44.8 Å². The van der Waals surface area contributed by atoms with Crippen LogP contribution >= 0.6 is 0 Å². The van der Waals surface area contributed by atoms with Crippen LogP contribution in [0.15, 0.2) is 42.7 Å². The Kier molecular flexibility index (Phi) is 5.51. The predicted octanol–water partition coefficient (Wildman–Crippen LogP) is 3.58. The topological polar surface area (TPSA) is 66.0 Å². The first kappa shape index (κ1) is 21.7. The van der Waals surface area contributed by atoms with Crippen molar-refractivity contribution in [2.24, 2.45) is 11.8 Å². The molecule has 2 amide bonds. The average Bonchev–Trinajstić information content (AvgIpc) is 3.37. The second kappa shape index (κ2) is 8.36. The zero-order valence-electron chi connectivity index (χ0n) is 19.7. The number of benzene rings is 1. The molecule has 2 saturated heterocycles. The van der Waals surface area contributed by atoms with Crippen LogP contribution < -0.4 is 4.90 Å². The smallest absolute Gasteiger partial charge is 0.410 e. The minimum Gasteiger partial charge on any atom is -0.444 e. The Bertz CT molecular complexity index is 1050. The van der Waals surface area contributed by atoms with Crippen molar-refractivity contribution in [1.82, 2.24) is 14.8 Å². The summed E-state index contributed by atoms with van der Waals surface area (Å²) in [5.74, 6) is 0.861. The minimum atomic E-state index is -0.476. The van der Waals surface area contributed by atoms with Gasteiger partial charge in [0.15, 0.2) is 0 Å². The first-order valence-corrected chi connectivity index (χ1v) is 11.8. The molecule has 2 atom stereocenters. The van der Waals surface area contributed by atoms with Crippen LogP contribution in [0.25, 0.3) is 0 Å². The van der Waals surface area contributed by atoms with Gasteiger partial charge in [0.1, 0.15) is 5.60 Å². The number of anilines is 1. The number of carbonyl (C=O) groups excluding carboxylic acids is 2. The Labute approximate surface area is 195 Å². The molecule has 7 nitrogen and oxygen atoms in total. The number of pyridine rings is 1. The Morgan fingerprint density at radius 1 is 0.970 bits per heavy atom. The van der Waals surface area contributed by atoms with Crippen molar-refractivity contribution in [2.45, 2.75) is 39.3 Å². The van der Waals surface area contributed by atoms with Gasteiger partial charge in [0.05, 0.1) is 17.4 Å². The summed E-state index contributed by atoms with van der Waals surface area (Å²) in [5.41, 5.74) is 3.70. The van der Waals surface area contributed by atoms with Gasteiger partial charge in [0.2, 0.25) is 0 Å². The van der Waals surface area contributed by atoms with Gasteiger partial charge in [-0.3, -0.25) is 9.78 Å². The number of likely N-dealkylation sites (tertiary alicyclic amines) is 1. The zero-order chi connectivity index (χ0) is 23.2. The van der Waals surface area contributed by atoms with Gasteiger partial charge in [-0.2, -0.15) is 0 Å². The van der Waals surface area contributed by atoms with E-state index in [9.17, 15) is 9.59 Å². The first-order valence-electron chi connectivity index (χ1n) is 11.8. The second-order valence-corrected chi connectivity index (χ2v) is 10.5. The summed E-state index contributed by atoms with van der Waals surface area (Å²) in [5, 5.41) is 0. The molecule has 3 aliphatic heterocycles. The van der Waals surface area contributed by atoms with Crippen LogP contribution in [0, 0.1) is 11.8 Å². The molecule has 0 bridgehead atoms. The molecule has 0 spiro atoms. The third-order valence-corrected chi connectivity index (χ3v) is 6.89. The number of hydrogen-bond donors (Lipinski definition) is 0. The number of rotatable bonds is 2. The SMILES string of the molecule is CC(C)(C)OC(=O)N1CC2CN(c3cncc(C(=O)N4CCc5ccccc5C4)c3)CC2C1. The molecule has 174 valence electrons. The molecule has 2 aromatic rings. The number of aromatic nitrogens is 1. The number of nitrogens with zero attached hydrogens (tertiary/aromatic N) is 4. The van der Waals surface area contributed by atoms with Crippen molar-refractivity contribution in [3.05, 3.63) is 59.4 Å². The van der Waals surface area contributed by atoms with Crippen LogP contribution in [0.5, 0.6) is 0 Å². The van der Waals surface area contributed by atoms with Crippen LogP contribution in [-0.4, -0.2) is 65.1 Å². The summed E-state index contributed by atoms with van der Waals surface area (Å²) >= 11 is 0. The van der Waals surface area contributed by atoms with Gasteiger partial charge in [0, 0.05) is 57.3 Å². The van der Waals surface area contributed by atoms with E-state index in [2.05, 4.69) is 28.1 Å². The summed E-state index contributed by atoms with van der Waals surface area (Å²) in [6.07, 6.45) is 4.18. The average molecular weight is 449 g/mol. The van der Waals surface area contributed by atoms with Gasteiger partial charge < -0.3 is 19.4 Å². The predicted molar refractivity (Wildman–Crippen MR) is 126 cm³/mol. The second-order valence-electron chi connectivity index (χ2n) is 10.5. The van der Waals surface area contributed by atoms with Gasteiger partial charge >= 0.3 is 6.09 Å². The Hall–Kier alpha value is -3.09. The lowest BCUT2D eigenvalue weighted by molar-refractivity contribution is 0.0282. The lowest BCUT2D eigenvalue weighted by atomic mass is 9.99. The summed E-state index contributed by atoms with van der Waals surface area (Å²) in [7, 11) is 0. The van der Waals surface area contributed by atoms with E-state index >= 15 is 0 Å². The van der Waals surface area contributed by atoms with E-state index in [0.29, 0.717) is 23.9 Å². The Morgan fingerprint density at radius 3 is 2.36 bits per heavy atom. The molecule has 3 aliphatic rings. The Morgan fingerprint density at radius 2 is 1.67 bits per heavy atom. The van der Waals surface area contributed by atoms with Crippen LogP contribution in [-0.2, 0) is 17.7 Å². The molecular formula is C26H32N4O3. The lowest BCUT2D eigenvalue weighted by Gasteiger charge is -2.29. The van der Waals surface area contributed by atoms with Crippen molar-refractivity contribution in [3.8, 4) is 0 Å². The fraction of sp³-hybridized carbons (Fsp3) is 0.500. The van der Waals surface area contributed by atoms with Crippen molar-refractivity contribution in [2.75, 3.05) is 37.6 Å². The molecule has 1 aromatic carbocycles. The molecule has 0 radical (unpaired) electrons. The highest BCUT2D eigenvalue weighted by Crippen LogP contribution is 2.34. The van der Waals surface area contributed by atoms with Crippen molar-refractivity contribution in [3.63, 3.8) is 0 Å². The van der Waals surface area contributed by atoms with Gasteiger partial charge in [-0.05, 0) is 44.4 Å². The Balaban J connectivity index is 1.22. The number of hydrogen-bond acceptors (Lipinski definition) is 5. The summed E-state index contributed by atoms with van der Waals surface area (Å²) in [6, 6.07) is 10.3. The third-order valence-electron chi connectivity index (χ3n) is 6.89. The number of fused-ring (bicyclic) bond motifs is 2. The molecular weight excluding hydrogens is 416 g/mol. The van der Waals surface area contributed by atoms with Crippen LogP contribution in [0.1, 0.15) is 42.3 Å². The molecule has 0 saturated carbocycles. The number of ether oxygens (including phenoxy) is 1. The molecule has 2 fully saturated rings. The maximum Gasteiger partial charge on any atom is 0.410 e. The molecule has 33 heavy (non-hydrogen) atoms. The molecule has 0 aliphatic carbocycles. The van der Waals surface area contributed by atoms with Gasteiger partial charge in [-0.15, -0.1) is 0 Å². The van der Waals surface area contributed by atoms with E-state index < -0.39 is 5.60 Å². The minimum absolute atomic E-state index is 0.0364. The largest absolute Gasteiger partial charge is 0.444 e. The first-order chi connectivity index (χ1) is 15.8. The molecule has 7 heteroatoms. The highest BCUT2D eigenvalue weighted by molar-refractivity contribution is 5.95. The molecule has 1 aromatic heterocycles. The van der Waals surface area contributed by atoms with Crippen LogP contribution in [0.3, 0.4) is 0 Å². The highest BCUT2D eigenvalue weighted by atomic mass is 16.6. The summed E-state index contributed by atoms with van der Waals surface area (Å²) < 4.78 is 5.54. The van der Waals surface area contributed by atoms with E-state index in [-0.39, 0.29) is 12.0 Å². The number of amides is 2. The normalized spacial score (nSPS) is 22.2. The maximum atomic E-state index is 13.2.